The van der Waals surface area contributed by atoms with Crippen LogP contribution in [0.3, 0.4) is 0 Å². The maximum atomic E-state index is 9.59. The standard InChI is InChI=1S/C18H23NO/c1-18(2,3)13-17(14-8-5-4-6-9-14)19-15-10-7-11-16(20)12-15/h4-12,17,19-20H,13H2,1-3H3. The largest absolute Gasteiger partial charge is 0.508 e. The first-order valence-corrected chi connectivity index (χ1v) is 7.04. The molecule has 0 bridgehead atoms. The summed E-state index contributed by atoms with van der Waals surface area (Å²) in [5, 5.41) is 13.1. The summed E-state index contributed by atoms with van der Waals surface area (Å²) in [7, 11) is 0. The molecule has 2 heteroatoms. The van der Waals surface area contributed by atoms with E-state index in [-0.39, 0.29) is 17.2 Å². The monoisotopic (exact) mass is 269 g/mol. The van der Waals surface area contributed by atoms with Gasteiger partial charge >= 0.3 is 0 Å². The third kappa shape index (κ3) is 4.30. The molecule has 0 saturated carbocycles. The number of hydrogen-bond donors (Lipinski definition) is 2. The van der Waals surface area contributed by atoms with E-state index in [0.717, 1.165) is 12.1 Å². The second kappa shape index (κ2) is 6.00. The molecule has 1 unspecified atom stereocenters. The van der Waals surface area contributed by atoms with Crippen LogP contribution < -0.4 is 5.32 Å². The summed E-state index contributed by atoms with van der Waals surface area (Å²) in [5.41, 5.74) is 2.44. The van der Waals surface area contributed by atoms with Gasteiger partial charge < -0.3 is 10.4 Å². The molecule has 2 aromatic carbocycles. The van der Waals surface area contributed by atoms with Gasteiger partial charge in [0, 0.05) is 11.8 Å². The Balaban J connectivity index is 2.23. The second-order valence-electron chi connectivity index (χ2n) is 6.42. The molecule has 2 N–H and O–H groups in total. The predicted molar refractivity (Wildman–Crippen MR) is 85.0 cm³/mol. The van der Waals surface area contributed by atoms with E-state index in [0.29, 0.717) is 0 Å². The minimum atomic E-state index is 0.227. The van der Waals surface area contributed by atoms with Crippen LogP contribution in [0.5, 0.6) is 5.75 Å². The van der Waals surface area contributed by atoms with E-state index in [4.69, 9.17) is 0 Å². The van der Waals surface area contributed by atoms with E-state index in [1.165, 1.54) is 5.56 Å². The van der Waals surface area contributed by atoms with E-state index < -0.39 is 0 Å². The van der Waals surface area contributed by atoms with Crippen molar-refractivity contribution in [2.75, 3.05) is 5.32 Å². The predicted octanol–water partition coefficient (Wildman–Crippen LogP) is 4.98. The summed E-state index contributed by atoms with van der Waals surface area (Å²) in [4.78, 5) is 0. The number of phenolic OH excluding ortho intramolecular Hbond substituents is 1. The Hall–Kier alpha value is -1.96. The number of hydrogen-bond acceptors (Lipinski definition) is 2. The van der Waals surface area contributed by atoms with Crippen molar-refractivity contribution in [1.29, 1.82) is 0 Å². The van der Waals surface area contributed by atoms with Crippen LogP contribution in [0.2, 0.25) is 0 Å². The molecule has 0 saturated heterocycles. The van der Waals surface area contributed by atoms with Gasteiger partial charge in [-0.05, 0) is 29.5 Å². The van der Waals surface area contributed by atoms with Crippen molar-refractivity contribution in [3.63, 3.8) is 0 Å². The highest BCUT2D eigenvalue weighted by Gasteiger charge is 2.20. The number of rotatable bonds is 4. The molecule has 0 radical (unpaired) electrons. The molecule has 0 spiro atoms. The highest BCUT2D eigenvalue weighted by Crippen LogP contribution is 2.32. The first-order valence-electron chi connectivity index (χ1n) is 7.04. The zero-order valence-corrected chi connectivity index (χ0v) is 12.4. The molecular weight excluding hydrogens is 246 g/mol. The van der Waals surface area contributed by atoms with Crippen molar-refractivity contribution in [3.05, 3.63) is 60.2 Å². The van der Waals surface area contributed by atoms with Crippen LogP contribution in [0.15, 0.2) is 54.6 Å². The molecule has 0 aliphatic rings. The Kier molecular flexibility index (Phi) is 4.33. The SMILES string of the molecule is CC(C)(C)CC(Nc1cccc(O)c1)c1ccccc1. The molecule has 0 heterocycles. The highest BCUT2D eigenvalue weighted by molar-refractivity contribution is 5.49. The van der Waals surface area contributed by atoms with Crippen LogP contribution in [0.4, 0.5) is 5.69 Å². The van der Waals surface area contributed by atoms with Crippen LogP contribution in [0.1, 0.15) is 38.8 Å². The van der Waals surface area contributed by atoms with Crippen LogP contribution in [-0.4, -0.2) is 5.11 Å². The fourth-order valence-corrected chi connectivity index (χ4v) is 2.35. The van der Waals surface area contributed by atoms with Crippen LogP contribution >= 0.6 is 0 Å². The number of aromatic hydroxyl groups is 1. The smallest absolute Gasteiger partial charge is 0.117 e. The lowest BCUT2D eigenvalue weighted by Gasteiger charge is -2.28. The van der Waals surface area contributed by atoms with Crippen LogP contribution in [0.25, 0.3) is 0 Å². The summed E-state index contributed by atoms with van der Waals surface area (Å²) >= 11 is 0. The van der Waals surface area contributed by atoms with Gasteiger partial charge in [0.1, 0.15) is 5.75 Å². The zero-order valence-electron chi connectivity index (χ0n) is 12.4. The molecule has 0 fully saturated rings. The molecule has 0 aromatic heterocycles. The topological polar surface area (TPSA) is 32.3 Å². The summed E-state index contributed by atoms with van der Waals surface area (Å²) < 4.78 is 0. The molecule has 0 amide bonds. The van der Waals surface area contributed by atoms with Gasteiger partial charge in [-0.25, -0.2) is 0 Å². The normalized spacial score (nSPS) is 12.9. The van der Waals surface area contributed by atoms with Crippen molar-refractivity contribution in [1.82, 2.24) is 0 Å². The summed E-state index contributed by atoms with van der Waals surface area (Å²) in [6.07, 6.45) is 1.02. The lowest BCUT2D eigenvalue weighted by molar-refractivity contribution is 0.352. The number of anilines is 1. The average molecular weight is 269 g/mol. The highest BCUT2D eigenvalue weighted by atomic mass is 16.3. The Morgan fingerprint density at radius 1 is 1.00 bits per heavy atom. The molecule has 0 aliphatic carbocycles. The van der Waals surface area contributed by atoms with Crippen LogP contribution in [-0.2, 0) is 0 Å². The fraction of sp³-hybridized carbons (Fsp3) is 0.333. The third-order valence-corrected chi connectivity index (χ3v) is 3.21. The molecule has 0 aliphatic heterocycles. The molecule has 1 atom stereocenters. The van der Waals surface area contributed by atoms with Crippen molar-refractivity contribution < 1.29 is 5.11 Å². The third-order valence-electron chi connectivity index (χ3n) is 3.21. The lowest BCUT2D eigenvalue weighted by atomic mass is 9.85. The Labute approximate surface area is 121 Å². The Morgan fingerprint density at radius 2 is 1.70 bits per heavy atom. The van der Waals surface area contributed by atoms with Gasteiger partial charge in [-0.3, -0.25) is 0 Å². The van der Waals surface area contributed by atoms with Gasteiger partial charge in [-0.15, -0.1) is 0 Å². The average Bonchev–Trinajstić information content (AvgIpc) is 2.37. The van der Waals surface area contributed by atoms with Crippen molar-refractivity contribution in [3.8, 4) is 5.75 Å². The van der Waals surface area contributed by atoms with Gasteiger partial charge in [0.05, 0.1) is 6.04 Å². The zero-order chi connectivity index (χ0) is 14.6. The summed E-state index contributed by atoms with van der Waals surface area (Å²) in [6, 6.07) is 18.0. The Bertz CT molecular complexity index is 543. The molecule has 2 aromatic rings. The number of benzene rings is 2. The van der Waals surface area contributed by atoms with E-state index in [1.807, 2.05) is 18.2 Å². The quantitative estimate of drug-likeness (QED) is 0.820. The number of nitrogens with one attached hydrogen (secondary N) is 1. The van der Waals surface area contributed by atoms with Gasteiger partial charge in [0.25, 0.3) is 0 Å². The fourth-order valence-electron chi connectivity index (χ4n) is 2.35. The van der Waals surface area contributed by atoms with Crippen molar-refractivity contribution >= 4 is 5.69 Å². The minimum Gasteiger partial charge on any atom is -0.508 e. The molecule has 2 nitrogen and oxygen atoms in total. The molecule has 2 rings (SSSR count). The van der Waals surface area contributed by atoms with E-state index in [1.54, 1.807) is 12.1 Å². The maximum Gasteiger partial charge on any atom is 0.117 e. The van der Waals surface area contributed by atoms with Crippen molar-refractivity contribution in [2.45, 2.75) is 33.2 Å². The summed E-state index contributed by atoms with van der Waals surface area (Å²) in [6.45, 7) is 6.73. The summed E-state index contributed by atoms with van der Waals surface area (Å²) in [5.74, 6) is 0.289. The van der Waals surface area contributed by atoms with E-state index in [9.17, 15) is 5.11 Å². The van der Waals surface area contributed by atoms with Gasteiger partial charge in [-0.1, -0.05) is 57.2 Å². The van der Waals surface area contributed by atoms with Crippen LogP contribution in [0, 0.1) is 5.41 Å². The van der Waals surface area contributed by atoms with Gasteiger partial charge in [-0.2, -0.15) is 0 Å². The number of phenols is 1. The maximum absolute atomic E-state index is 9.59. The molecule has 106 valence electrons. The first kappa shape index (κ1) is 14.4. The van der Waals surface area contributed by atoms with Gasteiger partial charge in [0.15, 0.2) is 0 Å². The molecule has 20 heavy (non-hydrogen) atoms. The second-order valence-corrected chi connectivity index (χ2v) is 6.42. The van der Waals surface area contributed by atoms with E-state index in [2.05, 4.69) is 50.4 Å². The molecular formula is C18H23NO. The van der Waals surface area contributed by atoms with Gasteiger partial charge in [0.2, 0.25) is 0 Å². The van der Waals surface area contributed by atoms with Crippen molar-refractivity contribution in [2.24, 2.45) is 5.41 Å². The lowest BCUT2D eigenvalue weighted by Crippen LogP contribution is -2.18. The first-order chi connectivity index (χ1) is 9.44. The minimum absolute atomic E-state index is 0.227. The Morgan fingerprint density at radius 3 is 2.30 bits per heavy atom. The van der Waals surface area contributed by atoms with E-state index >= 15 is 0 Å².